The Balaban J connectivity index is 1.25. The van der Waals surface area contributed by atoms with Crippen LogP contribution in [0, 0.1) is 17.3 Å². The number of benzene rings is 4. The lowest BCUT2D eigenvalue weighted by atomic mass is 9.91. The number of thioether (sulfide) groups is 1. The average molecular weight is 986 g/mol. The summed E-state index contributed by atoms with van der Waals surface area (Å²) in [5.74, 6) is -2.62. The Morgan fingerprint density at radius 2 is 1.46 bits per heavy atom. The van der Waals surface area contributed by atoms with E-state index in [0.717, 1.165) is 27.8 Å². The molecule has 0 bridgehead atoms. The number of esters is 3. The molecule has 1 aliphatic rings. The van der Waals surface area contributed by atoms with Gasteiger partial charge in [0.1, 0.15) is 30.4 Å². The Hall–Kier alpha value is -5.83. The number of methoxy groups -OCH3 is 2. The Kier molecular flexibility index (Phi) is 20.6. The fraction of sp³-hybridized carbons (Fsp3) is 0.426. The summed E-state index contributed by atoms with van der Waals surface area (Å²) in [7, 11) is 3.11. The second-order valence-corrected chi connectivity index (χ2v) is 19.4. The molecule has 69 heavy (non-hydrogen) atoms. The molecular formula is C54H65ClN2O11S. The van der Waals surface area contributed by atoms with Gasteiger partial charge >= 0.3 is 24.0 Å². The predicted molar refractivity (Wildman–Crippen MR) is 268 cm³/mol. The smallest absolute Gasteiger partial charge is 0.407 e. The Morgan fingerprint density at radius 3 is 2.07 bits per heavy atom. The summed E-state index contributed by atoms with van der Waals surface area (Å²) < 4.78 is 34.3. The zero-order valence-electron chi connectivity index (χ0n) is 40.7. The van der Waals surface area contributed by atoms with Gasteiger partial charge < -0.3 is 39.1 Å². The van der Waals surface area contributed by atoms with Gasteiger partial charge in [-0.05, 0) is 96.4 Å². The third-order valence-corrected chi connectivity index (χ3v) is 12.6. The highest BCUT2D eigenvalue weighted by Crippen LogP contribution is 2.44. The van der Waals surface area contributed by atoms with E-state index in [4.69, 9.17) is 40.0 Å². The first-order valence-corrected chi connectivity index (χ1v) is 24.8. The monoisotopic (exact) mass is 984 g/mol. The fourth-order valence-corrected chi connectivity index (χ4v) is 8.60. The van der Waals surface area contributed by atoms with Gasteiger partial charge in [0.25, 0.3) is 0 Å². The first-order chi connectivity index (χ1) is 33.0. The van der Waals surface area contributed by atoms with Gasteiger partial charge in [-0.2, -0.15) is 0 Å². The molecule has 5 atom stereocenters. The number of carbonyl (C=O) groups is 5. The van der Waals surface area contributed by atoms with Gasteiger partial charge in [0.2, 0.25) is 5.91 Å². The number of alkyl carbamates (subject to hydrolysis) is 1. The van der Waals surface area contributed by atoms with Crippen LogP contribution < -0.4 is 15.4 Å². The molecule has 5 rings (SSSR count). The Bertz CT molecular complexity index is 2350. The molecule has 0 heterocycles. The maximum atomic E-state index is 14.2. The zero-order valence-corrected chi connectivity index (χ0v) is 42.2. The summed E-state index contributed by atoms with van der Waals surface area (Å²) in [5, 5.41) is 5.81. The van der Waals surface area contributed by atoms with Crippen molar-refractivity contribution in [3.63, 3.8) is 0 Å². The third kappa shape index (κ3) is 15.6. The van der Waals surface area contributed by atoms with E-state index in [1.54, 1.807) is 51.5 Å². The SMILES string of the molecule is COc1ccc(C[C@@H](NC(=O)/C=C/CC(OC(=O)[C@H](CC(C)C)OC(=O)C(C)(C)CNC(=O)OCC2c3ccccc3-c3ccccc32)C(C)CC(OC)c2ccccc2)C(=O)OCSC)cc1Cl. The molecule has 1 aliphatic carbocycles. The highest BCUT2D eigenvalue weighted by atomic mass is 35.5. The summed E-state index contributed by atoms with van der Waals surface area (Å²) >= 11 is 7.67. The first kappa shape index (κ1) is 54.1. The molecule has 4 aromatic carbocycles. The van der Waals surface area contributed by atoms with Gasteiger partial charge in [0.05, 0.1) is 23.7 Å². The van der Waals surface area contributed by atoms with Crippen molar-refractivity contribution < 1.29 is 52.4 Å². The van der Waals surface area contributed by atoms with Crippen molar-refractivity contribution in [1.29, 1.82) is 0 Å². The van der Waals surface area contributed by atoms with Crippen molar-refractivity contribution >= 4 is 53.3 Å². The summed E-state index contributed by atoms with van der Waals surface area (Å²) in [6.45, 7) is 8.93. The molecule has 370 valence electrons. The number of hydrogen-bond donors (Lipinski definition) is 2. The van der Waals surface area contributed by atoms with E-state index in [2.05, 4.69) is 22.8 Å². The third-order valence-electron chi connectivity index (χ3n) is 11.9. The molecule has 3 unspecified atom stereocenters. The standard InChI is InChI=1S/C54H65ClN2O11S/c1-34(2)27-48(68-52(61)54(4,5)32-56-53(62)65-31-42-40-21-14-12-19-38(40)39-20-13-15-22-41(39)42)51(60)67-45(35(3)28-47(64-7)37-17-10-9-11-18-37)23-16-24-49(58)57-44(50(59)66-33-69-8)30-36-25-26-46(63-6)43(55)29-36/h9-22,24-26,29,34-35,42,44-45,47-48H,23,27-28,30-33H2,1-8H3,(H,56,62)(H,57,58)/b24-16+/t35?,44-,45?,47?,48+/m1/s1. The van der Waals surface area contributed by atoms with E-state index in [1.165, 1.54) is 24.9 Å². The average Bonchev–Trinajstić information content (AvgIpc) is 3.66. The molecule has 2 N–H and O–H groups in total. The van der Waals surface area contributed by atoms with Crippen LogP contribution in [0.5, 0.6) is 5.75 Å². The van der Waals surface area contributed by atoms with Crippen molar-refractivity contribution in [3.05, 3.63) is 136 Å². The molecule has 0 saturated carbocycles. The van der Waals surface area contributed by atoms with Crippen LogP contribution in [0.3, 0.4) is 0 Å². The van der Waals surface area contributed by atoms with Crippen molar-refractivity contribution in [2.75, 3.05) is 39.6 Å². The van der Waals surface area contributed by atoms with Gasteiger partial charge in [0, 0.05) is 32.4 Å². The van der Waals surface area contributed by atoms with Crippen LogP contribution in [0.4, 0.5) is 4.79 Å². The summed E-state index contributed by atoms with van der Waals surface area (Å²) in [6, 6.07) is 29.8. The Labute approximate surface area is 415 Å². The largest absolute Gasteiger partial charge is 0.495 e. The first-order valence-electron chi connectivity index (χ1n) is 23.1. The minimum atomic E-state index is -1.28. The van der Waals surface area contributed by atoms with Crippen LogP contribution in [0.2, 0.25) is 5.02 Å². The van der Waals surface area contributed by atoms with Crippen molar-refractivity contribution in [2.24, 2.45) is 17.3 Å². The fourth-order valence-electron chi connectivity index (χ4n) is 8.08. The molecule has 0 aliphatic heterocycles. The molecule has 13 nitrogen and oxygen atoms in total. The second-order valence-electron chi connectivity index (χ2n) is 18.2. The molecule has 0 saturated heterocycles. The lowest BCUT2D eigenvalue weighted by molar-refractivity contribution is -0.179. The summed E-state index contributed by atoms with van der Waals surface area (Å²) in [4.78, 5) is 67.6. The summed E-state index contributed by atoms with van der Waals surface area (Å²) in [6.07, 6.45) is 2.34. The Morgan fingerprint density at radius 1 is 0.812 bits per heavy atom. The number of carbonyl (C=O) groups excluding carboxylic acids is 5. The van der Waals surface area contributed by atoms with Crippen molar-refractivity contribution in [1.82, 2.24) is 10.6 Å². The lowest BCUT2D eigenvalue weighted by Crippen LogP contribution is -2.43. The van der Waals surface area contributed by atoms with Gasteiger partial charge in [-0.25, -0.2) is 14.4 Å². The molecular weight excluding hydrogens is 920 g/mol. The molecule has 0 spiro atoms. The van der Waals surface area contributed by atoms with Gasteiger partial charge in [-0.15, -0.1) is 11.8 Å². The normalized spacial score (nSPS) is 14.4. The van der Waals surface area contributed by atoms with Gasteiger partial charge in [-0.3, -0.25) is 9.59 Å². The number of halogens is 1. The zero-order chi connectivity index (χ0) is 50.1. The van der Waals surface area contributed by atoms with Crippen molar-refractivity contribution in [2.45, 2.75) is 90.6 Å². The molecule has 0 aromatic heterocycles. The van der Waals surface area contributed by atoms with E-state index in [0.29, 0.717) is 22.8 Å². The summed E-state index contributed by atoms with van der Waals surface area (Å²) in [5.41, 5.74) is 4.72. The van der Waals surface area contributed by atoms with Crippen LogP contribution >= 0.6 is 23.4 Å². The van der Waals surface area contributed by atoms with Crippen LogP contribution in [0.15, 0.2) is 109 Å². The highest BCUT2D eigenvalue weighted by molar-refractivity contribution is 7.98. The molecule has 0 fully saturated rings. The number of rotatable bonds is 25. The van der Waals surface area contributed by atoms with Crippen LogP contribution in [0.1, 0.15) is 88.2 Å². The van der Waals surface area contributed by atoms with E-state index < -0.39 is 53.6 Å². The minimum absolute atomic E-state index is 0.0719. The van der Waals surface area contributed by atoms with E-state index in [1.807, 2.05) is 87.5 Å². The second kappa shape index (κ2) is 26.2. The molecule has 0 radical (unpaired) electrons. The predicted octanol–water partition coefficient (Wildman–Crippen LogP) is 10.0. The number of amides is 2. The molecule has 2 amide bonds. The maximum Gasteiger partial charge on any atom is 0.407 e. The molecule has 15 heteroatoms. The minimum Gasteiger partial charge on any atom is -0.495 e. The van der Waals surface area contributed by atoms with Crippen LogP contribution in [0.25, 0.3) is 11.1 Å². The number of hydrogen-bond acceptors (Lipinski definition) is 12. The highest BCUT2D eigenvalue weighted by Gasteiger charge is 2.37. The van der Waals surface area contributed by atoms with Gasteiger partial charge in [-0.1, -0.05) is 123 Å². The van der Waals surface area contributed by atoms with Crippen molar-refractivity contribution in [3.8, 4) is 16.9 Å². The number of ether oxygens (including phenoxy) is 6. The maximum absolute atomic E-state index is 14.2. The van der Waals surface area contributed by atoms with Crippen LogP contribution in [-0.4, -0.2) is 87.7 Å². The quantitative estimate of drug-likeness (QED) is 0.0280. The van der Waals surface area contributed by atoms with E-state index in [-0.39, 0.29) is 62.2 Å². The number of nitrogens with one attached hydrogen (secondary N) is 2. The lowest BCUT2D eigenvalue weighted by Gasteiger charge is -2.30. The van der Waals surface area contributed by atoms with Crippen LogP contribution in [-0.2, 0) is 49.3 Å². The molecule has 4 aromatic rings. The topological polar surface area (TPSA) is 165 Å². The van der Waals surface area contributed by atoms with Gasteiger partial charge in [0.15, 0.2) is 6.10 Å². The van der Waals surface area contributed by atoms with E-state index >= 15 is 0 Å². The van der Waals surface area contributed by atoms with E-state index in [9.17, 15) is 24.0 Å². The number of fused-ring (bicyclic) bond motifs is 3.